The number of benzene rings is 2. The fraction of sp³-hybridized carbons (Fsp3) is 0.333. The molecule has 0 spiro atoms. The van der Waals surface area contributed by atoms with Crippen LogP contribution in [0.3, 0.4) is 0 Å². The summed E-state index contributed by atoms with van der Waals surface area (Å²) in [5.41, 5.74) is 1.16. The predicted octanol–water partition coefficient (Wildman–Crippen LogP) is 3.69. The van der Waals surface area contributed by atoms with Crippen LogP contribution in [0.2, 0.25) is 5.02 Å². The number of nitrogens with one attached hydrogen (secondary N) is 1. The van der Waals surface area contributed by atoms with E-state index in [0.29, 0.717) is 55.0 Å². The number of carbonyl (C=O) groups is 2. The number of halogens is 2. The van der Waals surface area contributed by atoms with E-state index in [-0.39, 0.29) is 23.5 Å². The molecule has 4 nitrogen and oxygen atoms in total. The molecule has 0 bridgehead atoms. The second-order valence-corrected chi connectivity index (χ2v) is 7.15. The summed E-state index contributed by atoms with van der Waals surface area (Å²) in [7, 11) is 0. The summed E-state index contributed by atoms with van der Waals surface area (Å²) in [5, 5.41) is 3.42. The molecule has 142 valence electrons. The van der Waals surface area contributed by atoms with Gasteiger partial charge in [0, 0.05) is 36.1 Å². The first-order valence-electron chi connectivity index (χ1n) is 9.10. The first-order valence-corrected chi connectivity index (χ1v) is 9.48. The Bertz CT molecular complexity index is 819. The average molecular weight is 389 g/mol. The number of hydrogen-bond donors (Lipinski definition) is 1. The molecule has 6 heteroatoms. The molecule has 1 heterocycles. The second kappa shape index (κ2) is 9.00. The topological polar surface area (TPSA) is 49.4 Å². The van der Waals surface area contributed by atoms with Crippen molar-refractivity contribution >= 4 is 23.4 Å². The zero-order valence-corrected chi connectivity index (χ0v) is 15.7. The molecule has 0 aliphatic carbocycles. The van der Waals surface area contributed by atoms with Gasteiger partial charge in [-0.3, -0.25) is 9.59 Å². The monoisotopic (exact) mass is 388 g/mol. The summed E-state index contributed by atoms with van der Waals surface area (Å²) in [6.07, 6.45) is 1.71. The van der Waals surface area contributed by atoms with Gasteiger partial charge in [-0.2, -0.15) is 0 Å². The highest BCUT2D eigenvalue weighted by atomic mass is 35.5. The van der Waals surface area contributed by atoms with Crippen LogP contribution in [-0.2, 0) is 11.2 Å². The van der Waals surface area contributed by atoms with Gasteiger partial charge in [0.15, 0.2) is 0 Å². The van der Waals surface area contributed by atoms with Gasteiger partial charge in [-0.15, -0.1) is 0 Å². The van der Waals surface area contributed by atoms with Crippen LogP contribution in [-0.4, -0.2) is 36.3 Å². The van der Waals surface area contributed by atoms with Crippen LogP contribution < -0.4 is 5.32 Å². The van der Waals surface area contributed by atoms with Gasteiger partial charge in [-0.05, 0) is 49.1 Å². The maximum absolute atomic E-state index is 13.6. The summed E-state index contributed by atoms with van der Waals surface area (Å²) in [5.74, 6) is -0.453. The molecule has 0 atom stereocenters. The molecule has 0 radical (unpaired) electrons. The van der Waals surface area contributed by atoms with Gasteiger partial charge in [0.2, 0.25) is 5.91 Å². The molecule has 1 aliphatic rings. The van der Waals surface area contributed by atoms with Crippen LogP contribution in [0.5, 0.6) is 0 Å². The zero-order valence-electron chi connectivity index (χ0n) is 15.0. The summed E-state index contributed by atoms with van der Waals surface area (Å²) < 4.78 is 13.6. The number of carbonyl (C=O) groups excluding carboxylic acids is 2. The average Bonchev–Trinajstić information content (AvgIpc) is 2.69. The fourth-order valence-electron chi connectivity index (χ4n) is 3.31. The summed E-state index contributed by atoms with van der Waals surface area (Å²) in [6, 6.07) is 13.5. The third-order valence-corrected chi connectivity index (χ3v) is 5.11. The van der Waals surface area contributed by atoms with E-state index in [1.54, 1.807) is 47.4 Å². The number of likely N-dealkylation sites (tertiary alicyclic amines) is 1. The highest BCUT2D eigenvalue weighted by molar-refractivity contribution is 6.30. The second-order valence-electron chi connectivity index (χ2n) is 6.71. The minimum absolute atomic E-state index is 0.0267. The Morgan fingerprint density at radius 1 is 1.11 bits per heavy atom. The lowest BCUT2D eigenvalue weighted by Gasteiger charge is -2.31. The minimum atomic E-state index is -0.250. The first kappa shape index (κ1) is 19.4. The van der Waals surface area contributed by atoms with Crippen LogP contribution in [0.4, 0.5) is 4.39 Å². The first-order chi connectivity index (χ1) is 13.0. The smallest absolute Gasteiger partial charge is 0.253 e. The molecular formula is C21H22ClFN2O2. The van der Waals surface area contributed by atoms with Gasteiger partial charge in [0.1, 0.15) is 5.82 Å². The highest BCUT2D eigenvalue weighted by Gasteiger charge is 2.27. The van der Waals surface area contributed by atoms with Crippen molar-refractivity contribution in [3.63, 3.8) is 0 Å². The number of rotatable bonds is 5. The van der Waals surface area contributed by atoms with E-state index in [1.807, 2.05) is 0 Å². The van der Waals surface area contributed by atoms with E-state index in [0.717, 1.165) is 0 Å². The summed E-state index contributed by atoms with van der Waals surface area (Å²) >= 11 is 5.95. The van der Waals surface area contributed by atoms with Crippen molar-refractivity contribution in [3.05, 3.63) is 70.5 Å². The molecule has 1 aliphatic heterocycles. The number of nitrogens with zero attached hydrogens (tertiary/aromatic N) is 1. The predicted molar refractivity (Wildman–Crippen MR) is 103 cm³/mol. The molecule has 2 aromatic carbocycles. The van der Waals surface area contributed by atoms with Crippen LogP contribution in [0.15, 0.2) is 48.5 Å². The van der Waals surface area contributed by atoms with Gasteiger partial charge in [0.25, 0.3) is 5.91 Å². The lowest BCUT2D eigenvalue weighted by molar-refractivity contribution is -0.126. The number of hydrogen-bond acceptors (Lipinski definition) is 2. The minimum Gasteiger partial charge on any atom is -0.356 e. The van der Waals surface area contributed by atoms with Crippen molar-refractivity contribution in [3.8, 4) is 0 Å². The van der Waals surface area contributed by atoms with Crippen molar-refractivity contribution in [1.29, 1.82) is 0 Å². The van der Waals surface area contributed by atoms with Gasteiger partial charge < -0.3 is 10.2 Å². The summed E-state index contributed by atoms with van der Waals surface area (Å²) in [6.45, 7) is 1.48. The third kappa shape index (κ3) is 5.07. The van der Waals surface area contributed by atoms with Gasteiger partial charge in [-0.1, -0.05) is 35.9 Å². The largest absolute Gasteiger partial charge is 0.356 e. The van der Waals surface area contributed by atoms with Crippen LogP contribution in [0.1, 0.15) is 28.8 Å². The molecule has 1 fully saturated rings. The van der Waals surface area contributed by atoms with Gasteiger partial charge >= 0.3 is 0 Å². The molecule has 0 saturated carbocycles. The summed E-state index contributed by atoms with van der Waals surface area (Å²) in [4.78, 5) is 26.6. The van der Waals surface area contributed by atoms with E-state index in [9.17, 15) is 14.0 Å². The number of amides is 2. The van der Waals surface area contributed by atoms with Gasteiger partial charge in [0.05, 0.1) is 0 Å². The van der Waals surface area contributed by atoms with E-state index < -0.39 is 0 Å². The quantitative estimate of drug-likeness (QED) is 0.849. The highest BCUT2D eigenvalue weighted by Crippen LogP contribution is 2.20. The van der Waals surface area contributed by atoms with Crippen molar-refractivity contribution in [2.45, 2.75) is 19.3 Å². The SMILES string of the molecule is O=C(NCCc1ccccc1F)C1CCN(C(=O)c2cccc(Cl)c2)CC1. The Labute approximate surface area is 163 Å². The van der Waals surface area contributed by atoms with E-state index in [4.69, 9.17) is 11.6 Å². The Balaban J connectivity index is 1.45. The van der Waals surface area contributed by atoms with Crippen molar-refractivity contribution < 1.29 is 14.0 Å². The third-order valence-electron chi connectivity index (χ3n) is 4.88. The Kier molecular flexibility index (Phi) is 6.45. The van der Waals surface area contributed by atoms with Crippen molar-refractivity contribution in [2.24, 2.45) is 5.92 Å². The molecule has 0 unspecified atom stereocenters. The molecule has 1 N–H and O–H groups in total. The maximum Gasteiger partial charge on any atom is 0.253 e. The zero-order chi connectivity index (χ0) is 19.2. The fourth-order valence-corrected chi connectivity index (χ4v) is 3.50. The molecule has 2 amide bonds. The Morgan fingerprint density at radius 3 is 2.56 bits per heavy atom. The normalized spacial score (nSPS) is 14.8. The number of piperidine rings is 1. The lowest BCUT2D eigenvalue weighted by atomic mass is 9.95. The van der Waals surface area contributed by atoms with E-state index in [2.05, 4.69) is 5.32 Å². The lowest BCUT2D eigenvalue weighted by Crippen LogP contribution is -2.43. The maximum atomic E-state index is 13.6. The molecule has 1 saturated heterocycles. The Morgan fingerprint density at radius 2 is 1.85 bits per heavy atom. The van der Waals surface area contributed by atoms with Crippen LogP contribution >= 0.6 is 11.6 Å². The van der Waals surface area contributed by atoms with Crippen molar-refractivity contribution in [1.82, 2.24) is 10.2 Å². The van der Waals surface area contributed by atoms with Crippen molar-refractivity contribution in [2.75, 3.05) is 19.6 Å². The molecule has 3 rings (SSSR count). The molecule has 27 heavy (non-hydrogen) atoms. The Hall–Kier alpha value is -2.40. The molecule has 0 aromatic heterocycles. The van der Waals surface area contributed by atoms with Crippen LogP contribution in [0.25, 0.3) is 0 Å². The molecular weight excluding hydrogens is 367 g/mol. The van der Waals surface area contributed by atoms with Crippen LogP contribution in [0, 0.1) is 11.7 Å². The molecule has 2 aromatic rings. The van der Waals surface area contributed by atoms with E-state index in [1.165, 1.54) is 6.07 Å². The van der Waals surface area contributed by atoms with Gasteiger partial charge in [-0.25, -0.2) is 4.39 Å². The van der Waals surface area contributed by atoms with E-state index >= 15 is 0 Å². The standard InChI is InChI=1S/C21H22ClFN2O2/c22-18-6-3-5-17(14-18)21(27)25-12-9-16(10-13-25)20(26)24-11-8-15-4-1-2-7-19(15)23/h1-7,14,16H,8-13H2,(H,24,26).